The number of amides is 2. The topological polar surface area (TPSA) is 170 Å². The quantitative estimate of drug-likeness (QED) is 0.0560. The second kappa shape index (κ2) is 26.8. The first-order valence-corrected chi connectivity index (χ1v) is 20.9. The van der Waals surface area contributed by atoms with Gasteiger partial charge < -0.3 is 34.7 Å². The van der Waals surface area contributed by atoms with E-state index < -0.39 is 53.9 Å². The first-order chi connectivity index (χ1) is 27.3. The maximum Gasteiger partial charge on any atom is 0.405 e. The molecule has 0 spiro atoms. The highest BCUT2D eigenvalue weighted by Gasteiger charge is 2.36. The van der Waals surface area contributed by atoms with Crippen LogP contribution in [-0.2, 0) is 42.9 Å². The van der Waals surface area contributed by atoms with E-state index in [2.05, 4.69) is 12.2 Å². The number of methoxy groups -OCH3 is 3. The fourth-order valence-corrected chi connectivity index (χ4v) is 7.45. The molecule has 0 aromatic rings. The van der Waals surface area contributed by atoms with Crippen molar-refractivity contribution in [2.75, 3.05) is 21.3 Å². The molecule has 2 rings (SSSR count). The minimum atomic E-state index is -1.01. The van der Waals surface area contributed by atoms with Gasteiger partial charge >= 0.3 is 12.1 Å². The fourth-order valence-electron chi connectivity index (χ4n) is 7.45. The number of rotatable bonds is 19. The van der Waals surface area contributed by atoms with Crippen LogP contribution in [0, 0.1) is 11.8 Å². The third-order valence-corrected chi connectivity index (χ3v) is 10.7. The molecule has 3 N–H and O–H groups in total. The van der Waals surface area contributed by atoms with E-state index in [0.717, 1.165) is 25.3 Å². The SMILES string of the molecule is CCCCCCCCCCCCCCCC(=O)O[C@@H]1C(OC)CC(C)CC2=C(OC)C(=O)C=C(NC(=O)/C(C)=C/C=C\[C@@H](OC)[C@H](OC(N)=O)/C(C)=C/[C@H]1C)C2=O. The number of ether oxygens (including phenoxy) is 5. The molecule has 1 aliphatic heterocycles. The Morgan fingerprint density at radius 2 is 1.44 bits per heavy atom. The smallest absolute Gasteiger partial charge is 0.405 e. The van der Waals surface area contributed by atoms with E-state index in [4.69, 9.17) is 29.4 Å². The van der Waals surface area contributed by atoms with Gasteiger partial charge in [0.05, 0.1) is 18.9 Å². The van der Waals surface area contributed by atoms with Crippen molar-refractivity contribution in [2.45, 2.75) is 162 Å². The number of Topliss-reactive ketones (excluding diaryl/α,β-unsaturated/α-hetero) is 1. The van der Waals surface area contributed by atoms with E-state index in [1.807, 2.05) is 19.9 Å². The van der Waals surface area contributed by atoms with Gasteiger partial charge in [-0.15, -0.1) is 0 Å². The largest absolute Gasteiger partial charge is 0.492 e. The molecule has 57 heavy (non-hydrogen) atoms. The molecule has 6 atom stereocenters. The van der Waals surface area contributed by atoms with Crippen LogP contribution in [-0.4, -0.2) is 75.3 Å². The number of carbonyl (C=O) groups excluding carboxylic acids is 5. The predicted octanol–water partition coefficient (Wildman–Crippen LogP) is 8.44. The first-order valence-electron chi connectivity index (χ1n) is 20.9. The predicted molar refractivity (Wildman–Crippen MR) is 221 cm³/mol. The fraction of sp³-hybridized carbons (Fsp3) is 0.667. The van der Waals surface area contributed by atoms with Gasteiger partial charge in [0.2, 0.25) is 11.6 Å². The minimum absolute atomic E-state index is 0.0845. The van der Waals surface area contributed by atoms with Crippen LogP contribution >= 0.6 is 0 Å². The van der Waals surface area contributed by atoms with Gasteiger partial charge in [0.25, 0.3) is 5.91 Å². The summed E-state index contributed by atoms with van der Waals surface area (Å²) in [5.41, 5.74) is 6.29. The van der Waals surface area contributed by atoms with E-state index in [1.165, 1.54) is 85.2 Å². The number of ketones is 2. The maximum absolute atomic E-state index is 13.7. The van der Waals surface area contributed by atoms with Gasteiger partial charge in [-0.05, 0) is 44.6 Å². The van der Waals surface area contributed by atoms with E-state index in [1.54, 1.807) is 26.0 Å². The molecule has 2 aliphatic rings. The summed E-state index contributed by atoms with van der Waals surface area (Å²) in [4.78, 5) is 65.4. The molecule has 1 aliphatic carbocycles. The minimum Gasteiger partial charge on any atom is -0.492 e. The van der Waals surface area contributed by atoms with Crippen LogP contribution in [0.25, 0.3) is 0 Å². The van der Waals surface area contributed by atoms with Gasteiger partial charge in [0.1, 0.15) is 12.2 Å². The van der Waals surface area contributed by atoms with E-state index in [0.29, 0.717) is 18.4 Å². The molecule has 0 aromatic heterocycles. The van der Waals surface area contributed by atoms with Crippen molar-refractivity contribution in [1.82, 2.24) is 5.32 Å². The third-order valence-electron chi connectivity index (χ3n) is 10.7. The van der Waals surface area contributed by atoms with Gasteiger partial charge in [-0.25, -0.2) is 4.79 Å². The Morgan fingerprint density at radius 1 is 0.842 bits per heavy atom. The van der Waals surface area contributed by atoms with Crippen molar-refractivity contribution >= 4 is 29.5 Å². The molecule has 2 bridgehead atoms. The Labute approximate surface area is 341 Å². The molecule has 2 unspecified atom stereocenters. The summed E-state index contributed by atoms with van der Waals surface area (Å²) in [7, 11) is 4.31. The maximum atomic E-state index is 13.7. The Kier molecular flexibility index (Phi) is 23.1. The third kappa shape index (κ3) is 17.2. The van der Waals surface area contributed by atoms with Crippen LogP contribution < -0.4 is 11.1 Å². The molecule has 1 heterocycles. The standard InChI is InChI=1S/C45H70N2O10/c1-9-10-11-12-13-14-15-16-17-18-19-20-21-25-39(49)56-42-33(5)28-32(4)41(57-45(46)52)37(53-6)24-22-23-31(3)44(51)47-35-29-36(48)43(55-8)34(40(35)50)26-30(2)27-38(42)54-7/h22-24,28-30,33,37-38,41-42H,9-21,25-27H2,1-8H3,(H2,46,52)(H,47,51)/b24-22-,31-23+,32-28+/t30?,33-,37-,38?,41-,42+/m1/s1. The monoisotopic (exact) mass is 799 g/mol. The number of carbonyl (C=O) groups is 5. The van der Waals surface area contributed by atoms with Crippen molar-refractivity contribution in [3.05, 3.63) is 58.6 Å². The molecule has 0 aromatic carbocycles. The van der Waals surface area contributed by atoms with Crippen molar-refractivity contribution in [3.8, 4) is 0 Å². The lowest BCUT2D eigenvalue weighted by Crippen LogP contribution is -2.40. The number of esters is 1. The summed E-state index contributed by atoms with van der Waals surface area (Å²) < 4.78 is 28.8. The van der Waals surface area contributed by atoms with Gasteiger partial charge in [0, 0.05) is 43.8 Å². The average molecular weight is 799 g/mol. The number of nitrogens with one attached hydrogen (secondary N) is 1. The zero-order valence-corrected chi connectivity index (χ0v) is 35.8. The van der Waals surface area contributed by atoms with Crippen LogP contribution in [0.3, 0.4) is 0 Å². The van der Waals surface area contributed by atoms with Crippen LogP contribution in [0.5, 0.6) is 0 Å². The zero-order valence-electron chi connectivity index (χ0n) is 35.8. The highest BCUT2D eigenvalue weighted by molar-refractivity contribution is 6.23. The molecule has 0 radical (unpaired) electrons. The molecule has 0 saturated carbocycles. The molecule has 12 heteroatoms. The lowest BCUT2D eigenvalue weighted by Gasteiger charge is -2.32. The van der Waals surface area contributed by atoms with Crippen molar-refractivity contribution < 1.29 is 47.7 Å². The van der Waals surface area contributed by atoms with Crippen molar-refractivity contribution in [3.63, 3.8) is 0 Å². The molecular weight excluding hydrogens is 728 g/mol. The number of hydrogen-bond acceptors (Lipinski definition) is 10. The molecule has 12 nitrogen and oxygen atoms in total. The number of nitrogens with two attached hydrogens (primary N) is 1. The first kappa shape index (κ1) is 49.1. The molecule has 0 saturated heterocycles. The Morgan fingerprint density at radius 3 is 1.98 bits per heavy atom. The van der Waals surface area contributed by atoms with E-state index in [-0.39, 0.29) is 47.3 Å². The number of primary amides is 1. The second-order valence-corrected chi connectivity index (χ2v) is 15.5. The van der Waals surface area contributed by atoms with Gasteiger partial charge in [0.15, 0.2) is 11.9 Å². The number of unbranched alkanes of at least 4 members (excludes halogenated alkanes) is 12. The lowest BCUT2D eigenvalue weighted by atomic mass is 9.85. The van der Waals surface area contributed by atoms with Gasteiger partial charge in [-0.3, -0.25) is 19.2 Å². The van der Waals surface area contributed by atoms with Crippen molar-refractivity contribution in [2.24, 2.45) is 17.6 Å². The van der Waals surface area contributed by atoms with Gasteiger partial charge in [-0.2, -0.15) is 0 Å². The molecule has 2 amide bonds. The highest BCUT2D eigenvalue weighted by atomic mass is 16.6. The van der Waals surface area contributed by atoms with Crippen LogP contribution in [0.2, 0.25) is 0 Å². The number of hydrogen-bond donors (Lipinski definition) is 2. The highest BCUT2D eigenvalue weighted by Crippen LogP contribution is 2.31. The van der Waals surface area contributed by atoms with Gasteiger partial charge in [-0.1, -0.05) is 122 Å². The number of fused-ring (bicyclic) bond motifs is 2. The molecule has 0 fully saturated rings. The lowest BCUT2D eigenvalue weighted by molar-refractivity contribution is -0.160. The zero-order chi connectivity index (χ0) is 42.3. The van der Waals surface area contributed by atoms with Crippen LogP contribution in [0.4, 0.5) is 4.79 Å². The van der Waals surface area contributed by atoms with E-state index in [9.17, 15) is 24.0 Å². The van der Waals surface area contributed by atoms with E-state index >= 15 is 0 Å². The Balaban J connectivity index is 2.34. The Bertz CT molecular complexity index is 1490. The summed E-state index contributed by atoms with van der Waals surface area (Å²) >= 11 is 0. The Hall–Kier alpha value is -4.03. The second-order valence-electron chi connectivity index (χ2n) is 15.5. The summed E-state index contributed by atoms with van der Waals surface area (Å²) in [5.74, 6) is -2.79. The van der Waals surface area contributed by atoms with Crippen LogP contribution in [0.15, 0.2) is 58.6 Å². The molecular formula is C45H70N2O10. The van der Waals surface area contributed by atoms with Crippen LogP contribution in [0.1, 0.15) is 137 Å². The summed E-state index contributed by atoms with van der Waals surface area (Å²) in [5, 5.41) is 2.57. The average Bonchev–Trinajstić information content (AvgIpc) is 3.17. The van der Waals surface area contributed by atoms with Crippen molar-refractivity contribution in [1.29, 1.82) is 0 Å². The summed E-state index contributed by atoms with van der Waals surface area (Å²) in [6, 6.07) is 0. The normalized spacial score (nSPS) is 26.4. The summed E-state index contributed by atoms with van der Waals surface area (Å²) in [6.45, 7) is 9.35. The number of allylic oxidation sites excluding steroid dienone is 4. The summed E-state index contributed by atoms with van der Waals surface area (Å²) in [6.07, 6.45) is 19.7. The molecule has 320 valence electrons.